The van der Waals surface area contributed by atoms with Crippen molar-refractivity contribution in [3.63, 3.8) is 0 Å². The maximum atomic E-state index is 13.1. The molecular formula is C24H19Cl2N3O2S. The van der Waals surface area contributed by atoms with Gasteiger partial charge >= 0.3 is 0 Å². The second-order valence-electron chi connectivity index (χ2n) is 7.15. The lowest BCUT2D eigenvalue weighted by molar-refractivity contribution is -0.129. The zero-order valence-corrected chi connectivity index (χ0v) is 19.2. The summed E-state index contributed by atoms with van der Waals surface area (Å²) in [6.45, 7) is 0.373. The van der Waals surface area contributed by atoms with Crippen LogP contribution < -0.4 is 5.32 Å². The summed E-state index contributed by atoms with van der Waals surface area (Å²) in [6, 6.07) is 23.6. The van der Waals surface area contributed by atoms with Crippen molar-refractivity contribution in [2.75, 3.05) is 5.32 Å². The van der Waals surface area contributed by atoms with Crippen LogP contribution in [0.3, 0.4) is 0 Å². The van der Waals surface area contributed by atoms with Crippen LogP contribution in [0.5, 0.6) is 0 Å². The van der Waals surface area contributed by atoms with Crippen LogP contribution in [0.15, 0.2) is 83.9 Å². The van der Waals surface area contributed by atoms with Crippen LogP contribution in [0, 0.1) is 0 Å². The highest BCUT2D eigenvalue weighted by Gasteiger charge is 2.36. The number of hydrogen-bond acceptors (Lipinski definition) is 4. The summed E-state index contributed by atoms with van der Waals surface area (Å²) in [5.74, 6) is -0.423. The van der Waals surface area contributed by atoms with Gasteiger partial charge in [-0.2, -0.15) is 0 Å². The largest absolute Gasteiger partial charge is 0.325 e. The molecular weight excluding hydrogens is 465 g/mol. The molecule has 5 nitrogen and oxygen atoms in total. The Labute approximate surface area is 200 Å². The average Bonchev–Trinajstić information content (AvgIpc) is 2.78. The van der Waals surface area contributed by atoms with Crippen molar-refractivity contribution in [3.8, 4) is 0 Å². The van der Waals surface area contributed by atoms with Crippen molar-refractivity contribution in [2.24, 2.45) is 4.99 Å². The van der Waals surface area contributed by atoms with Crippen LogP contribution in [0.25, 0.3) is 0 Å². The normalized spacial score (nSPS) is 17.4. The summed E-state index contributed by atoms with van der Waals surface area (Å²) in [5, 5.41) is 3.83. The lowest BCUT2D eigenvalue weighted by Gasteiger charge is -2.32. The molecule has 1 saturated heterocycles. The third kappa shape index (κ3) is 5.71. The summed E-state index contributed by atoms with van der Waals surface area (Å²) in [5.41, 5.74) is 2.21. The van der Waals surface area contributed by atoms with Gasteiger partial charge in [-0.3, -0.25) is 14.5 Å². The SMILES string of the molecule is O=C(Nc1ccc(Cl)cc1)C1CC(=O)N(Cc2ccccc2)C(=Nc2cccc(Cl)c2)S1. The molecule has 0 aliphatic carbocycles. The summed E-state index contributed by atoms with van der Waals surface area (Å²) in [4.78, 5) is 32.3. The smallest absolute Gasteiger partial charge is 0.238 e. The first kappa shape index (κ1) is 22.4. The monoisotopic (exact) mass is 483 g/mol. The molecule has 0 bridgehead atoms. The maximum Gasteiger partial charge on any atom is 0.238 e. The number of halogens is 2. The van der Waals surface area contributed by atoms with Gasteiger partial charge in [-0.1, -0.05) is 71.4 Å². The highest BCUT2D eigenvalue weighted by Crippen LogP contribution is 2.31. The van der Waals surface area contributed by atoms with Gasteiger partial charge in [0, 0.05) is 22.2 Å². The van der Waals surface area contributed by atoms with Crippen LogP contribution in [0.4, 0.5) is 11.4 Å². The number of carbonyl (C=O) groups is 2. The molecule has 2 amide bonds. The first-order valence-electron chi connectivity index (χ1n) is 9.89. The highest BCUT2D eigenvalue weighted by molar-refractivity contribution is 8.15. The van der Waals surface area contributed by atoms with Gasteiger partial charge in [-0.05, 0) is 48.0 Å². The van der Waals surface area contributed by atoms with E-state index < -0.39 is 5.25 Å². The van der Waals surface area contributed by atoms with Gasteiger partial charge in [0.1, 0.15) is 5.25 Å². The minimum atomic E-state index is -0.608. The van der Waals surface area contributed by atoms with Crippen LogP contribution in [0.1, 0.15) is 12.0 Å². The minimum Gasteiger partial charge on any atom is -0.325 e. The van der Waals surface area contributed by atoms with E-state index in [1.807, 2.05) is 36.4 Å². The molecule has 4 rings (SSSR count). The zero-order valence-electron chi connectivity index (χ0n) is 16.9. The van der Waals surface area contributed by atoms with Crippen molar-refractivity contribution in [2.45, 2.75) is 18.2 Å². The number of carbonyl (C=O) groups excluding carboxylic acids is 2. The first-order valence-corrected chi connectivity index (χ1v) is 11.5. The minimum absolute atomic E-state index is 0.0749. The highest BCUT2D eigenvalue weighted by atomic mass is 35.5. The van der Waals surface area contributed by atoms with E-state index in [2.05, 4.69) is 10.3 Å². The van der Waals surface area contributed by atoms with Gasteiger partial charge in [-0.25, -0.2) is 4.99 Å². The van der Waals surface area contributed by atoms with Gasteiger partial charge in [-0.15, -0.1) is 0 Å². The molecule has 1 fully saturated rings. The molecule has 8 heteroatoms. The number of rotatable bonds is 5. The Hall–Kier alpha value is -2.80. The van der Waals surface area contributed by atoms with Crippen molar-refractivity contribution in [1.29, 1.82) is 0 Å². The van der Waals surface area contributed by atoms with E-state index in [1.165, 1.54) is 11.8 Å². The van der Waals surface area contributed by atoms with Gasteiger partial charge in [0.25, 0.3) is 0 Å². The fourth-order valence-corrected chi connectivity index (χ4v) is 4.58. The van der Waals surface area contributed by atoms with Gasteiger partial charge < -0.3 is 5.32 Å². The zero-order chi connectivity index (χ0) is 22.5. The van der Waals surface area contributed by atoms with E-state index in [0.29, 0.717) is 33.1 Å². The number of nitrogens with one attached hydrogen (secondary N) is 1. The van der Waals surface area contributed by atoms with E-state index >= 15 is 0 Å². The molecule has 1 aliphatic heterocycles. The third-order valence-corrected chi connectivity index (χ3v) is 6.44. The molecule has 1 aliphatic rings. The van der Waals surface area contributed by atoms with Gasteiger partial charge in [0.2, 0.25) is 11.8 Å². The van der Waals surface area contributed by atoms with Crippen LogP contribution >= 0.6 is 35.0 Å². The van der Waals surface area contributed by atoms with E-state index in [1.54, 1.807) is 47.4 Å². The van der Waals surface area contributed by atoms with E-state index in [-0.39, 0.29) is 18.2 Å². The summed E-state index contributed by atoms with van der Waals surface area (Å²) in [6.07, 6.45) is 0.0749. The van der Waals surface area contributed by atoms with Crippen molar-refractivity contribution in [1.82, 2.24) is 4.90 Å². The summed E-state index contributed by atoms with van der Waals surface area (Å²) >= 11 is 13.3. The van der Waals surface area contributed by atoms with Crippen molar-refractivity contribution < 1.29 is 9.59 Å². The van der Waals surface area contributed by atoms with Crippen LogP contribution in [0.2, 0.25) is 10.0 Å². The lowest BCUT2D eigenvalue weighted by atomic mass is 10.2. The molecule has 0 saturated carbocycles. The second kappa shape index (κ2) is 10.2. The van der Waals surface area contributed by atoms with Crippen molar-refractivity contribution >= 4 is 63.3 Å². The molecule has 1 unspecified atom stereocenters. The molecule has 0 aromatic heterocycles. The number of nitrogens with zero attached hydrogens (tertiary/aromatic N) is 2. The van der Waals surface area contributed by atoms with Crippen LogP contribution in [-0.4, -0.2) is 27.1 Å². The van der Waals surface area contributed by atoms with Gasteiger partial charge in [0.05, 0.1) is 12.2 Å². The summed E-state index contributed by atoms with van der Waals surface area (Å²) < 4.78 is 0. The maximum absolute atomic E-state index is 13.1. The molecule has 1 heterocycles. The Bertz CT molecular complexity index is 1150. The standard InChI is InChI=1S/C24H19Cl2N3O2S/c25-17-9-11-19(12-10-17)27-23(31)21-14-22(30)29(15-16-5-2-1-3-6-16)24(32-21)28-20-8-4-7-18(26)13-20/h1-13,21H,14-15H2,(H,27,31). The molecule has 3 aromatic rings. The number of amidine groups is 1. The number of anilines is 1. The predicted octanol–water partition coefficient (Wildman–Crippen LogP) is 6.15. The second-order valence-corrected chi connectivity index (χ2v) is 9.19. The van der Waals surface area contributed by atoms with E-state index in [0.717, 1.165) is 5.56 Å². The Kier molecular flexibility index (Phi) is 7.15. The first-order chi connectivity index (χ1) is 15.5. The number of thioether (sulfide) groups is 1. The molecule has 32 heavy (non-hydrogen) atoms. The number of hydrogen-bond donors (Lipinski definition) is 1. The molecule has 3 aromatic carbocycles. The predicted molar refractivity (Wildman–Crippen MR) is 132 cm³/mol. The Morgan fingerprint density at radius 2 is 1.75 bits per heavy atom. The van der Waals surface area contributed by atoms with Gasteiger partial charge in [0.15, 0.2) is 5.17 Å². The molecule has 1 atom stereocenters. The fourth-order valence-electron chi connectivity index (χ4n) is 3.17. The number of benzene rings is 3. The van der Waals surface area contributed by atoms with Crippen molar-refractivity contribution in [3.05, 3.63) is 94.5 Å². The molecule has 0 spiro atoms. The van der Waals surface area contributed by atoms with E-state index in [9.17, 15) is 9.59 Å². The Balaban J connectivity index is 1.59. The van der Waals surface area contributed by atoms with E-state index in [4.69, 9.17) is 23.2 Å². The molecule has 1 N–H and O–H groups in total. The quantitative estimate of drug-likeness (QED) is 0.472. The Morgan fingerprint density at radius 3 is 2.47 bits per heavy atom. The molecule has 162 valence electrons. The average molecular weight is 484 g/mol. The topological polar surface area (TPSA) is 61.8 Å². The van der Waals surface area contributed by atoms with Crippen LogP contribution in [-0.2, 0) is 16.1 Å². The fraction of sp³-hybridized carbons (Fsp3) is 0.125. The number of amides is 2. The number of aliphatic imine (C=N–C) groups is 1. The summed E-state index contributed by atoms with van der Waals surface area (Å²) in [7, 11) is 0. The Morgan fingerprint density at radius 1 is 1.00 bits per heavy atom. The lowest BCUT2D eigenvalue weighted by Crippen LogP contribution is -2.44. The molecule has 0 radical (unpaired) electrons. The third-order valence-electron chi connectivity index (χ3n) is 4.76.